The Labute approximate surface area is 224 Å². The van der Waals surface area contributed by atoms with Crippen molar-refractivity contribution < 1.29 is 18.7 Å². The fourth-order valence-electron chi connectivity index (χ4n) is 3.30. The third kappa shape index (κ3) is 6.52. The van der Waals surface area contributed by atoms with Crippen LogP contribution in [0.4, 0.5) is 16.0 Å². The molecule has 196 valence electrons. The van der Waals surface area contributed by atoms with Crippen molar-refractivity contribution in [2.75, 3.05) is 12.4 Å². The minimum Gasteiger partial charge on any atom is -0.469 e. The number of benzene rings is 2. The van der Waals surface area contributed by atoms with E-state index in [4.69, 9.17) is 27.9 Å². The lowest BCUT2D eigenvalue weighted by Crippen LogP contribution is -2.43. The number of halogens is 3. The van der Waals surface area contributed by atoms with Gasteiger partial charge < -0.3 is 14.8 Å². The van der Waals surface area contributed by atoms with Gasteiger partial charge in [-0.25, -0.2) is 18.5 Å². The smallest absolute Gasteiger partial charge is 0.354 e. The van der Waals surface area contributed by atoms with E-state index in [0.29, 0.717) is 10.6 Å². The first kappa shape index (κ1) is 26.8. The number of aromatic nitrogens is 5. The second-order valence-electron chi connectivity index (χ2n) is 7.76. The first-order valence-corrected chi connectivity index (χ1v) is 11.8. The number of rotatable bonds is 9. The summed E-state index contributed by atoms with van der Waals surface area (Å²) in [5.41, 5.74) is -0.761. The largest absolute Gasteiger partial charge is 0.469 e. The molecule has 0 radical (unpaired) electrons. The van der Waals surface area contributed by atoms with E-state index in [1.165, 1.54) is 35.9 Å². The van der Waals surface area contributed by atoms with Gasteiger partial charge in [-0.15, -0.1) is 10.2 Å². The Hall–Kier alpha value is -4.29. The quantitative estimate of drug-likeness (QED) is 0.304. The van der Waals surface area contributed by atoms with Gasteiger partial charge in [0.05, 0.1) is 20.1 Å². The fourth-order valence-corrected chi connectivity index (χ4v) is 3.52. The number of methoxy groups -OCH3 is 1. The second kappa shape index (κ2) is 11.8. The van der Waals surface area contributed by atoms with E-state index in [2.05, 4.69) is 25.2 Å². The second-order valence-corrected chi connectivity index (χ2v) is 8.58. The third-order valence-corrected chi connectivity index (χ3v) is 5.63. The SMILES string of the molecule is COC(=O)CCn1c(=O)nc(Nc2ccc(Oc3ccc(Cl)nn3)c(F)c2)n(Cc2ccc(Cl)cc2)c1=O. The van der Waals surface area contributed by atoms with Crippen LogP contribution in [0.25, 0.3) is 0 Å². The van der Waals surface area contributed by atoms with E-state index in [1.54, 1.807) is 24.3 Å². The van der Waals surface area contributed by atoms with Crippen molar-refractivity contribution in [1.82, 2.24) is 24.3 Å². The molecule has 4 rings (SSSR count). The predicted molar refractivity (Wildman–Crippen MR) is 137 cm³/mol. The van der Waals surface area contributed by atoms with E-state index < -0.39 is 23.2 Å². The Balaban J connectivity index is 1.66. The van der Waals surface area contributed by atoms with Gasteiger partial charge >= 0.3 is 17.3 Å². The van der Waals surface area contributed by atoms with Crippen LogP contribution >= 0.6 is 23.2 Å². The molecular formula is C24H19Cl2FN6O5. The third-order valence-electron chi connectivity index (χ3n) is 5.18. The Morgan fingerprint density at radius 1 is 1.03 bits per heavy atom. The summed E-state index contributed by atoms with van der Waals surface area (Å²) in [6.07, 6.45) is -0.203. The van der Waals surface area contributed by atoms with Gasteiger partial charge in [-0.1, -0.05) is 35.3 Å². The van der Waals surface area contributed by atoms with Crippen LogP contribution in [0.5, 0.6) is 11.6 Å². The lowest BCUT2D eigenvalue weighted by Gasteiger charge is -2.16. The number of nitrogens with zero attached hydrogens (tertiary/aromatic N) is 5. The van der Waals surface area contributed by atoms with Crippen molar-refractivity contribution in [1.29, 1.82) is 0 Å². The molecule has 0 aliphatic carbocycles. The number of hydrogen-bond donors (Lipinski definition) is 1. The number of carbonyl (C=O) groups is 1. The maximum atomic E-state index is 14.8. The maximum Gasteiger partial charge on any atom is 0.354 e. The molecular weight excluding hydrogens is 542 g/mol. The average Bonchev–Trinajstić information content (AvgIpc) is 2.90. The average molecular weight is 561 g/mol. The highest BCUT2D eigenvalue weighted by Crippen LogP contribution is 2.27. The standard InChI is InChI=1S/C24H19Cl2FN6O5/c1-37-21(34)10-11-32-23(35)29-22(33(24(32)36)13-14-2-4-15(25)5-3-14)28-16-6-7-18(17(27)12-16)38-20-9-8-19(26)30-31-20/h2-9,12H,10-11,13H2,1H3,(H,28,29,35). The molecule has 0 aliphatic rings. The minimum absolute atomic E-state index is 0.00273. The van der Waals surface area contributed by atoms with E-state index >= 15 is 0 Å². The Morgan fingerprint density at radius 3 is 2.45 bits per heavy atom. The molecule has 0 aliphatic heterocycles. The lowest BCUT2D eigenvalue weighted by molar-refractivity contribution is -0.140. The summed E-state index contributed by atoms with van der Waals surface area (Å²) in [6, 6.07) is 13.5. The molecule has 38 heavy (non-hydrogen) atoms. The van der Waals surface area contributed by atoms with Crippen molar-refractivity contribution in [2.24, 2.45) is 0 Å². The molecule has 0 spiro atoms. The van der Waals surface area contributed by atoms with Crippen molar-refractivity contribution in [3.63, 3.8) is 0 Å². The topological polar surface area (TPSA) is 130 Å². The minimum atomic E-state index is -0.893. The van der Waals surface area contributed by atoms with Crippen LogP contribution in [0.3, 0.4) is 0 Å². The highest BCUT2D eigenvalue weighted by molar-refractivity contribution is 6.30. The van der Waals surface area contributed by atoms with Gasteiger partial charge in [0.2, 0.25) is 11.8 Å². The van der Waals surface area contributed by atoms with Gasteiger partial charge in [-0.2, -0.15) is 4.98 Å². The Morgan fingerprint density at radius 2 is 1.79 bits per heavy atom. The predicted octanol–water partition coefficient (Wildman–Crippen LogP) is 3.79. The molecule has 0 saturated heterocycles. The van der Waals surface area contributed by atoms with Crippen molar-refractivity contribution in [3.8, 4) is 11.6 Å². The molecule has 1 N–H and O–H groups in total. The maximum absolute atomic E-state index is 14.8. The highest BCUT2D eigenvalue weighted by atomic mass is 35.5. The zero-order chi connectivity index (χ0) is 27.2. The van der Waals surface area contributed by atoms with E-state index in [0.717, 1.165) is 10.6 Å². The summed E-state index contributed by atoms with van der Waals surface area (Å²) < 4.78 is 26.8. The number of anilines is 2. The zero-order valence-corrected chi connectivity index (χ0v) is 21.2. The molecule has 11 nitrogen and oxygen atoms in total. The zero-order valence-electron chi connectivity index (χ0n) is 19.7. The van der Waals surface area contributed by atoms with Crippen LogP contribution in [0.15, 0.2) is 64.2 Å². The molecule has 2 aromatic carbocycles. The van der Waals surface area contributed by atoms with Gasteiger partial charge in [0, 0.05) is 29.4 Å². The van der Waals surface area contributed by atoms with E-state index in [1.807, 2.05) is 0 Å². The van der Waals surface area contributed by atoms with Gasteiger partial charge in [0.15, 0.2) is 16.7 Å². The Bertz CT molecular complexity index is 1580. The molecule has 0 fully saturated rings. The molecule has 2 aromatic heterocycles. The number of nitrogens with one attached hydrogen (secondary N) is 1. The summed E-state index contributed by atoms with van der Waals surface area (Å²) in [5, 5.41) is 10.8. The van der Waals surface area contributed by atoms with Gasteiger partial charge in [-0.05, 0) is 35.9 Å². The Kier molecular flexibility index (Phi) is 8.34. The van der Waals surface area contributed by atoms with Gasteiger partial charge in [0.25, 0.3) is 0 Å². The lowest BCUT2D eigenvalue weighted by atomic mass is 10.2. The van der Waals surface area contributed by atoms with E-state index in [9.17, 15) is 18.8 Å². The molecule has 4 aromatic rings. The normalized spacial score (nSPS) is 10.7. The fraction of sp³-hybridized carbons (Fsp3) is 0.167. The summed E-state index contributed by atoms with van der Waals surface area (Å²) in [5.74, 6) is -1.60. The molecule has 0 amide bonds. The molecule has 0 saturated carbocycles. The summed E-state index contributed by atoms with van der Waals surface area (Å²) in [7, 11) is 1.20. The van der Waals surface area contributed by atoms with Gasteiger partial charge in [-0.3, -0.25) is 9.36 Å². The van der Waals surface area contributed by atoms with Crippen molar-refractivity contribution >= 4 is 40.8 Å². The highest BCUT2D eigenvalue weighted by Gasteiger charge is 2.16. The van der Waals surface area contributed by atoms with Crippen LogP contribution in [-0.4, -0.2) is 37.4 Å². The van der Waals surface area contributed by atoms with Crippen molar-refractivity contribution in [3.05, 3.63) is 97.1 Å². The van der Waals surface area contributed by atoms with E-state index in [-0.39, 0.29) is 47.9 Å². The molecule has 2 heterocycles. The first-order chi connectivity index (χ1) is 18.2. The number of carbonyl (C=O) groups excluding carboxylic acids is 1. The van der Waals surface area contributed by atoms with Gasteiger partial charge in [0.1, 0.15) is 0 Å². The molecule has 0 atom stereocenters. The van der Waals surface area contributed by atoms with Crippen LogP contribution in [0, 0.1) is 5.82 Å². The van der Waals surface area contributed by atoms with Crippen LogP contribution < -0.4 is 21.4 Å². The molecule has 14 heteroatoms. The summed E-state index contributed by atoms with van der Waals surface area (Å²) in [4.78, 5) is 41.5. The molecule has 0 unspecified atom stereocenters. The van der Waals surface area contributed by atoms with Crippen molar-refractivity contribution in [2.45, 2.75) is 19.5 Å². The van der Waals surface area contributed by atoms with Crippen LogP contribution in [0.1, 0.15) is 12.0 Å². The summed E-state index contributed by atoms with van der Waals surface area (Å²) >= 11 is 11.7. The number of hydrogen-bond acceptors (Lipinski definition) is 9. The first-order valence-electron chi connectivity index (χ1n) is 11.0. The monoisotopic (exact) mass is 560 g/mol. The van der Waals surface area contributed by atoms with Crippen LogP contribution in [-0.2, 0) is 22.6 Å². The number of ether oxygens (including phenoxy) is 2. The summed E-state index contributed by atoms with van der Waals surface area (Å²) in [6.45, 7) is -0.227. The molecule has 0 bridgehead atoms. The number of esters is 1. The van der Waals surface area contributed by atoms with Crippen LogP contribution in [0.2, 0.25) is 10.2 Å².